The van der Waals surface area contributed by atoms with Gasteiger partial charge in [-0.2, -0.15) is 13.2 Å². The number of hydrogen-bond donors (Lipinski definition) is 0. The van der Waals surface area contributed by atoms with Gasteiger partial charge in [-0.25, -0.2) is 9.97 Å². The van der Waals surface area contributed by atoms with Crippen LogP contribution in [0.15, 0.2) is 79.3 Å². The Morgan fingerprint density at radius 3 is 2.42 bits per heavy atom. The molecule has 1 aliphatic rings. The summed E-state index contributed by atoms with van der Waals surface area (Å²) in [5, 5.41) is 0. The standard InChI is InChI=1S/C28H19ClF3N3S/c29-27-34-15-19(36-27)16-35-12-11-33-26(35)25-18(14-28(30,31)32)9-10-22-21-8-4-7-20(23(21)13-24(22)25)17-5-2-1-3-6-17/h1-12,15H,13-14,16H2. The van der Waals surface area contributed by atoms with Gasteiger partial charge in [0.2, 0.25) is 0 Å². The topological polar surface area (TPSA) is 30.7 Å². The third-order valence-electron chi connectivity index (χ3n) is 6.49. The minimum Gasteiger partial charge on any atom is -0.326 e. The number of fused-ring (bicyclic) bond motifs is 3. The van der Waals surface area contributed by atoms with Gasteiger partial charge in [0.05, 0.1) is 13.0 Å². The second kappa shape index (κ2) is 8.91. The van der Waals surface area contributed by atoms with Gasteiger partial charge in [0, 0.05) is 35.5 Å². The van der Waals surface area contributed by atoms with Crippen molar-refractivity contribution in [1.82, 2.24) is 14.5 Å². The second-order valence-electron chi connectivity index (χ2n) is 8.75. The van der Waals surface area contributed by atoms with Crippen molar-refractivity contribution < 1.29 is 13.2 Å². The Morgan fingerprint density at radius 1 is 0.889 bits per heavy atom. The Kier molecular flexibility index (Phi) is 5.69. The van der Waals surface area contributed by atoms with Crippen LogP contribution in [0.3, 0.4) is 0 Å². The highest BCUT2D eigenvalue weighted by Gasteiger charge is 2.33. The third kappa shape index (κ3) is 4.22. The summed E-state index contributed by atoms with van der Waals surface area (Å²) < 4.78 is 43.3. The van der Waals surface area contributed by atoms with E-state index in [0.717, 1.165) is 38.3 Å². The fourth-order valence-corrected chi connectivity index (χ4v) is 6.04. The van der Waals surface area contributed by atoms with Gasteiger partial charge < -0.3 is 4.57 Å². The maximum absolute atomic E-state index is 13.7. The van der Waals surface area contributed by atoms with E-state index in [2.05, 4.69) is 28.2 Å². The molecule has 0 saturated carbocycles. The number of nitrogens with zero attached hydrogens (tertiary/aromatic N) is 3. The molecule has 0 radical (unpaired) electrons. The maximum Gasteiger partial charge on any atom is 0.393 e. The number of alkyl halides is 3. The molecule has 0 bridgehead atoms. The molecule has 0 atom stereocenters. The molecule has 3 aromatic carbocycles. The van der Waals surface area contributed by atoms with Crippen LogP contribution < -0.4 is 0 Å². The van der Waals surface area contributed by atoms with Crippen molar-refractivity contribution in [3.63, 3.8) is 0 Å². The number of benzene rings is 3. The Hall–Kier alpha value is -3.42. The third-order valence-corrected chi connectivity index (χ3v) is 7.58. The number of halogens is 4. The molecular formula is C28H19ClF3N3S. The molecule has 36 heavy (non-hydrogen) atoms. The van der Waals surface area contributed by atoms with E-state index in [9.17, 15) is 13.2 Å². The Labute approximate surface area is 214 Å². The zero-order valence-electron chi connectivity index (χ0n) is 18.9. The molecule has 0 fully saturated rings. The summed E-state index contributed by atoms with van der Waals surface area (Å²) in [6.45, 7) is 0.428. The van der Waals surface area contributed by atoms with E-state index in [4.69, 9.17) is 11.6 Å². The Balaban J connectivity index is 1.52. The highest BCUT2D eigenvalue weighted by atomic mass is 35.5. The molecule has 2 heterocycles. The first-order valence-corrected chi connectivity index (χ1v) is 12.6. The highest BCUT2D eigenvalue weighted by Crippen LogP contribution is 2.47. The van der Waals surface area contributed by atoms with E-state index in [1.54, 1.807) is 24.7 Å². The van der Waals surface area contributed by atoms with Crippen LogP contribution in [0, 0.1) is 0 Å². The quantitative estimate of drug-likeness (QED) is 0.230. The molecule has 0 aliphatic heterocycles. The van der Waals surface area contributed by atoms with Gasteiger partial charge in [-0.15, -0.1) is 11.3 Å². The van der Waals surface area contributed by atoms with Gasteiger partial charge in [0.1, 0.15) is 5.82 Å². The van der Waals surface area contributed by atoms with Gasteiger partial charge in [0.15, 0.2) is 4.47 Å². The van der Waals surface area contributed by atoms with E-state index in [1.165, 1.54) is 11.3 Å². The molecule has 180 valence electrons. The molecule has 3 nitrogen and oxygen atoms in total. The van der Waals surface area contributed by atoms with Crippen molar-refractivity contribution in [3.05, 3.63) is 105 Å². The summed E-state index contributed by atoms with van der Waals surface area (Å²) in [7, 11) is 0. The number of aromatic nitrogens is 3. The van der Waals surface area contributed by atoms with Crippen LogP contribution in [0.4, 0.5) is 13.2 Å². The van der Waals surface area contributed by atoms with Gasteiger partial charge in [0.25, 0.3) is 0 Å². The minimum atomic E-state index is -4.34. The zero-order valence-corrected chi connectivity index (χ0v) is 20.5. The Morgan fingerprint density at radius 2 is 1.67 bits per heavy atom. The minimum absolute atomic E-state index is 0.227. The van der Waals surface area contributed by atoms with Crippen LogP contribution in [0.25, 0.3) is 33.6 Å². The number of rotatable bonds is 5. The predicted octanol–water partition coefficient (Wildman–Crippen LogP) is 8.05. The molecule has 0 amide bonds. The van der Waals surface area contributed by atoms with Crippen molar-refractivity contribution in [1.29, 1.82) is 0 Å². The van der Waals surface area contributed by atoms with Crippen LogP contribution in [0.5, 0.6) is 0 Å². The lowest BCUT2D eigenvalue weighted by atomic mass is 9.93. The van der Waals surface area contributed by atoms with Crippen molar-refractivity contribution in [2.75, 3.05) is 0 Å². The van der Waals surface area contributed by atoms with Gasteiger partial charge in [-0.05, 0) is 38.9 Å². The highest BCUT2D eigenvalue weighted by molar-refractivity contribution is 7.15. The SMILES string of the molecule is FC(F)(F)Cc1ccc2c(c1-c1nccn1Cc1cnc(Cl)s1)Cc1c(-c3ccccc3)cccc1-2. The molecule has 6 rings (SSSR count). The molecule has 2 aromatic heterocycles. The molecule has 8 heteroatoms. The molecular weight excluding hydrogens is 503 g/mol. The summed E-state index contributed by atoms with van der Waals surface area (Å²) in [4.78, 5) is 9.54. The van der Waals surface area contributed by atoms with Gasteiger partial charge >= 0.3 is 6.18 Å². The number of thiazole rings is 1. The second-order valence-corrected chi connectivity index (χ2v) is 10.4. The monoisotopic (exact) mass is 521 g/mol. The first kappa shape index (κ1) is 23.0. The zero-order chi connectivity index (χ0) is 24.9. The average Bonchev–Trinajstić information content (AvgIpc) is 3.57. The fraction of sp³-hybridized carbons (Fsp3) is 0.143. The number of imidazole rings is 1. The normalized spacial score (nSPS) is 12.6. The molecule has 1 aliphatic carbocycles. The van der Waals surface area contributed by atoms with Crippen LogP contribution in [-0.2, 0) is 19.4 Å². The smallest absolute Gasteiger partial charge is 0.326 e. The summed E-state index contributed by atoms with van der Waals surface area (Å²) >= 11 is 7.35. The largest absolute Gasteiger partial charge is 0.393 e. The van der Waals surface area contributed by atoms with Crippen LogP contribution in [0.1, 0.15) is 21.6 Å². The lowest BCUT2D eigenvalue weighted by Gasteiger charge is -2.17. The van der Waals surface area contributed by atoms with Crippen LogP contribution >= 0.6 is 22.9 Å². The first-order chi connectivity index (χ1) is 17.4. The summed E-state index contributed by atoms with van der Waals surface area (Å²) in [5.41, 5.74) is 6.97. The van der Waals surface area contributed by atoms with E-state index in [1.807, 2.05) is 41.0 Å². The predicted molar refractivity (Wildman–Crippen MR) is 137 cm³/mol. The fourth-order valence-electron chi connectivity index (χ4n) is 5.06. The first-order valence-electron chi connectivity index (χ1n) is 11.4. The molecule has 0 unspecified atom stereocenters. The van der Waals surface area contributed by atoms with Crippen molar-refractivity contribution >= 4 is 22.9 Å². The molecule has 0 N–H and O–H groups in total. The lowest BCUT2D eigenvalue weighted by molar-refractivity contribution is -0.127. The summed E-state index contributed by atoms with van der Waals surface area (Å²) in [6, 6.07) is 19.6. The van der Waals surface area contributed by atoms with Crippen molar-refractivity contribution in [3.8, 4) is 33.6 Å². The summed E-state index contributed by atoms with van der Waals surface area (Å²) in [6.07, 6.45) is 0.285. The van der Waals surface area contributed by atoms with Crippen LogP contribution in [-0.4, -0.2) is 20.7 Å². The van der Waals surface area contributed by atoms with E-state index < -0.39 is 12.6 Å². The number of hydrogen-bond acceptors (Lipinski definition) is 3. The molecule has 0 saturated heterocycles. The lowest BCUT2D eigenvalue weighted by Crippen LogP contribution is -2.14. The summed E-state index contributed by atoms with van der Waals surface area (Å²) in [5.74, 6) is 0.518. The van der Waals surface area contributed by atoms with E-state index in [0.29, 0.717) is 28.8 Å². The van der Waals surface area contributed by atoms with Crippen molar-refractivity contribution in [2.45, 2.75) is 25.6 Å². The molecule has 5 aromatic rings. The van der Waals surface area contributed by atoms with Crippen molar-refractivity contribution in [2.24, 2.45) is 0 Å². The maximum atomic E-state index is 13.7. The van der Waals surface area contributed by atoms with E-state index >= 15 is 0 Å². The van der Waals surface area contributed by atoms with E-state index in [-0.39, 0.29) is 5.56 Å². The Bertz CT molecular complexity index is 1570. The van der Waals surface area contributed by atoms with Gasteiger partial charge in [-0.1, -0.05) is 72.3 Å². The van der Waals surface area contributed by atoms with Gasteiger partial charge in [-0.3, -0.25) is 0 Å². The average molecular weight is 522 g/mol. The van der Waals surface area contributed by atoms with Crippen LogP contribution in [0.2, 0.25) is 4.47 Å². The molecule has 0 spiro atoms.